The number of halogens is 1. The van der Waals surface area contributed by atoms with Gasteiger partial charge in [-0.2, -0.15) is 0 Å². The minimum Gasteiger partial charge on any atom is -0.462 e. The first-order chi connectivity index (χ1) is 10.8. The molecule has 2 fully saturated rings. The molecule has 1 unspecified atom stereocenters. The molecule has 4 heteroatoms. The van der Waals surface area contributed by atoms with E-state index >= 15 is 0 Å². The fourth-order valence-corrected chi connectivity index (χ4v) is 4.06. The van der Waals surface area contributed by atoms with E-state index in [1.807, 2.05) is 0 Å². The van der Waals surface area contributed by atoms with Crippen molar-refractivity contribution in [3.8, 4) is 0 Å². The van der Waals surface area contributed by atoms with Gasteiger partial charge in [-0.25, -0.2) is 0 Å². The molecule has 22 heavy (non-hydrogen) atoms. The third kappa shape index (κ3) is 3.82. The molecule has 1 aromatic rings. The number of ether oxygens (including phenoxy) is 1. The van der Waals surface area contributed by atoms with E-state index in [2.05, 4.69) is 35.2 Å². The van der Waals surface area contributed by atoms with Gasteiger partial charge in [-0.3, -0.25) is 9.69 Å². The lowest BCUT2D eigenvalue weighted by Gasteiger charge is -2.38. The first kappa shape index (κ1) is 15.8. The number of hydrogen-bond donors (Lipinski definition) is 0. The molecule has 3 atom stereocenters. The van der Waals surface area contributed by atoms with Crippen LogP contribution in [0.1, 0.15) is 37.7 Å². The largest absolute Gasteiger partial charge is 0.462 e. The summed E-state index contributed by atoms with van der Waals surface area (Å²) in [7, 11) is 0. The Morgan fingerprint density at radius 2 is 1.86 bits per heavy atom. The van der Waals surface area contributed by atoms with Crippen LogP contribution in [0.2, 0.25) is 0 Å². The Bertz CT molecular complexity index is 479. The summed E-state index contributed by atoms with van der Waals surface area (Å²) in [6.07, 6.45) is 5.97. The number of carbonyl (C=O) groups is 1. The monoisotopic (exact) mass is 321 g/mol. The van der Waals surface area contributed by atoms with Crippen LogP contribution in [-0.2, 0) is 16.0 Å². The van der Waals surface area contributed by atoms with E-state index in [1.54, 1.807) is 0 Å². The van der Waals surface area contributed by atoms with Gasteiger partial charge in [0.2, 0.25) is 0 Å². The van der Waals surface area contributed by atoms with E-state index in [-0.39, 0.29) is 12.1 Å². The maximum atomic E-state index is 11.6. The first-order valence-corrected chi connectivity index (χ1v) is 8.85. The molecule has 0 aliphatic carbocycles. The van der Waals surface area contributed by atoms with Gasteiger partial charge in [0.15, 0.2) is 0 Å². The van der Waals surface area contributed by atoms with Crippen molar-refractivity contribution in [3.63, 3.8) is 0 Å². The van der Waals surface area contributed by atoms with Crippen molar-refractivity contribution in [3.05, 3.63) is 35.9 Å². The van der Waals surface area contributed by atoms with Gasteiger partial charge in [0.1, 0.15) is 6.10 Å². The SMILES string of the molecule is O=C(CCCl)OC1C[C@H]2CC[C@@H](C1)N2CCc1ccccc1. The number of piperidine rings is 1. The molecule has 0 saturated carbocycles. The summed E-state index contributed by atoms with van der Waals surface area (Å²) in [6.45, 7) is 1.11. The van der Waals surface area contributed by atoms with Gasteiger partial charge in [-0.15, -0.1) is 11.6 Å². The topological polar surface area (TPSA) is 29.5 Å². The van der Waals surface area contributed by atoms with Gasteiger partial charge in [-0.1, -0.05) is 30.3 Å². The second-order valence-electron chi connectivity index (χ2n) is 6.38. The Hall–Kier alpha value is -1.06. The van der Waals surface area contributed by atoms with E-state index in [0.717, 1.165) is 25.8 Å². The summed E-state index contributed by atoms with van der Waals surface area (Å²) in [5.41, 5.74) is 1.40. The number of carbonyl (C=O) groups excluding carboxylic acids is 1. The maximum Gasteiger partial charge on any atom is 0.307 e. The van der Waals surface area contributed by atoms with Gasteiger partial charge < -0.3 is 4.74 Å². The van der Waals surface area contributed by atoms with Crippen LogP contribution in [-0.4, -0.2) is 41.5 Å². The lowest BCUT2D eigenvalue weighted by atomic mass is 9.98. The molecule has 120 valence electrons. The van der Waals surface area contributed by atoms with Crippen LogP contribution in [0.4, 0.5) is 0 Å². The van der Waals surface area contributed by atoms with Crippen LogP contribution >= 0.6 is 11.6 Å². The molecule has 2 aliphatic heterocycles. The van der Waals surface area contributed by atoms with Crippen LogP contribution in [0, 0.1) is 0 Å². The normalized spacial score (nSPS) is 27.8. The van der Waals surface area contributed by atoms with Crippen molar-refractivity contribution in [2.45, 2.75) is 56.7 Å². The van der Waals surface area contributed by atoms with E-state index in [0.29, 0.717) is 24.4 Å². The number of hydrogen-bond acceptors (Lipinski definition) is 3. The summed E-state index contributed by atoms with van der Waals surface area (Å²) in [4.78, 5) is 14.3. The Kier molecular flexibility index (Phi) is 5.37. The van der Waals surface area contributed by atoms with Crippen molar-refractivity contribution >= 4 is 17.6 Å². The maximum absolute atomic E-state index is 11.6. The molecule has 2 saturated heterocycles. The summed E-state index contributed by atoms with van der Waals surface area (Å²) in [6, 6.07) is 11.8. The zero-order chi connectivity index (χ0) is 15.4. The molecule has 2 aliphatic rings. The van der Waals surface area contributed by atoms with Crippen LogP contribution in [0.15, 0.2) is 30.3 Å². The second-order valence-corrected chi connectivity index (χ2v) is 6.76. The zero-order valence-corrected chi connectivity index (χ0v) is 13.7. The van der Waals surface area contributed by atoms with Gasteiger partial charge in [0.05, 0.1) is 6.42 Å². The molecule has 2 bridgehead atoms. The standard InChI is InChI=1S/C18H24ClNO2/c19-10-8-18(21)22-17-12-15-6-7-16(13-17)20(15)11-9-14-4-2-1-3-5-14/h1-5,15-17H,6-13H2/t15-,16+,17?. The molecule has 0 aromatic heterocycles. The summed E-state index contributed by atoms with van der Waals surface area (Å²) in [5, 5.41) is 0. The van der Waals surface area contributed by atoms with E-state index < -0.39 is 0 Å². The molecule has 1 aromatic carbocycles. The third-order valence-corrected chi connectivity index (χ3v) is 5.13. The summed E-state index contributed by atoms with van der Waals surface area (Å²) < 4.78 is 5.57. The highest BCUT2D eigenvalue weighted by Gasteiger charge is 2.41. The van der Waals surface area contributed by atoms with E-state index in [1.165, 1.54) is 18.4 Å². The van der Waals surface area contributed by atoms with Gasteiger partial charge in [-0.05, 0) is 24.8 Å². The molecule has 2 heterocycles. The van der Waals surface area contributed by atoms with Crippen molar-refractivity contribution in [2.75, 3.05) is 12.4 Å². The fourth-order valence-electron chi connectivity index (χ4n) is 3.91. The Balaban J connectivity index is 1.51. The van der Waals surface area contributed by atoms with Gasteiger partial charge in [0, 0.05) is 37.4 Å². The Morgan fingerprint density at radius 1 is 1.18 bits per heavy atom. The Labute approximate surface area is 137 Å². The predicted octanol–water partition coefficient (Wildman–Crippen LogP) is 3.40. The molecule has 0 amide bonds. The molecule has 3 rings (SSSR count). The van der Waals surface area contributed by atoms with Crippen molar-refractivity contribution < 1.29 is 9.53 Å². The smallest absolute Gasteiger partial charge is 0.307 e. The van der Waals surface area contributed by atoms with Gasteiger partial charge >= 0.3 is 5.97 Å². The third-order valence-electron chi connectivity index (χ3n) is 4.94. The lowest BCUT2D eigenvalue weighted by molar-refractivity contribution is -0.152. The number of fused-ring (bicyclic) bond motifs is 2. The zero-order valence-electron chi connectivity index (χ0n) is 12.9. The highest BCUT2D eigenvalue weighted by Crippen LogP contribution is 2.37. The van der Waals surface area contributed by atoms with Crippen LogP contribution in [0.25, 0.3) is 0 Å². The quantitative estimate of drug-likeness (QED) is 0.594. The average Bonchev–Trinajstić information content (AvgIpc) is 2.76. The molecule has 0 N–H and O–H groups in total. The van der Waals surface area contributed by atoms with Crippen LogP contribution in [0.5, 0.6) is 0 Å². The minimum absolute atomic E-state index is 0.0983. The first-order valence-electron chi connectivity index (χ1n) is 8.31. The van der Waals surface area contributed by atoms with Crippen molar-refractivity contribution in [1.82, 2.24) is 4.90 Å². The lowest BCUT2D eigenvalue weighted by Crippen LogP contribution is -2.46. The van der Waals surface area contributed by atoms with E-state index in [4.69, 9.17) is 16.3 Å². The number of benzene rings is 1. The molecular formula is C18H24ClNO2. The van der Waals surface area contributed by atoms with Crippen molar-refractivity contribution in [1.29, 1.82) is 0 Å². The minimum atomic E-state index is -0.142. The summed E-state index contributed by atoms with van der Waals surface area (Å²) in [5.74, 6) is 0.207. The Morgan fingerprint density at radius 3 is 2.50 bits per heavy atom. The van der Waals surface area contributed by atoms with Gasteiger partial charge in [0.25, 0.3) is 0 Å². The number of nitrogens with zero attached hydrogens (tertiary/aromatic N) is 1. The van der Waals surface area contributed by atoms with Crippen molar-refractivity contribution in [2.24, 2.45) is 0 Å². The number of alkyl halides is 1. The highest BCUT2D eigenvalue weighted by atomic mass is 35.5. The summed E-state index contributed by atoms with van der Waals surface area (Å²) >= 11 is 5.60. The second kappa shape index (κ2) is 7.47. The number of rotatable bonds is 6. The fraction of sp³-hybridized carbons (Fsp3) is 0.611. The van der Waals surface area contributed by atoms with E-state index in [9.17, 15) is 4.79 Å². The predicted molar refractivity (Wildman–Crippen MR) is 88.1 cm³/mol. The van der Waals surface area contributed by atoms with Crippen LogP contribution < -0.4 is 0 Å². The molecule has 0 radical (unpaired) electrons. The van der Waals surface area contributed by atoms with Crippen LogP contribution in [0.3, 0.4) is 0 Å². The highest BCUT2D eigenvalue weighted by molar-refractivity contribution is 6.18. The number of esters is 1. The molecule has 0 spiro atoms. The average molecular weight is 322 g/mol. The molecule has 3 nitrogen and oxygen atoms in total. The molecular weight excluding hydrogens is 298 g/mol.